The second-order valence-electron chi connectivity index (χ2n) is 6.16. The molecule has 1 spiro atoms. The lowest BCUT2D eigenvalue weighted by atomic mass is 9.82. The van der Waals surface area contributed by atoms with Gasteiger partial charge in [-0.15, -0.1) is 0 Å². The van der Waals surface area contributed by atoms with Gasteiger partial charge in [-0.25, -0.2) is 4.98 Å². The Labute approximate surface area is 131 Å². The van der Waals surface area contributed by atoms with Crippen LogP contribution >= 0.6 is 0 Å². The van der Waals surface area contributed by atoms with Gasteiger partial charge in [-0.2, -0.15) is 0 Å². The lowest BCUT2D eigenvalue weighted by Gasteiger charge is -2.46. The summed E-state index contributed by atoms with van der Waals surface area (Å²) < 4.78 is 6.11. The Balaban J connectivity index is 1.59. The third kappa shape index (κ3) is 3.28. The minimum absolute atomic E-state index is 0.0259. The lowest BCUT2D eigenvalue weighted by Crippen LogP contribution is -2.53. The molecule has 2 aliphatic heterocycles. The molecule has 0 bridgehead atoms. The van der Waals surface area contributed by atoms with Crippen LogP contribution in [0.5, 0.6) is 0 Å². The number of hydrogen-bond donors (Lipinski definition) is 1. The number of carbonyl (C=O) groups is 1. The predicted molar refractivity (Wildman–Crippen MR) is 82.6 cm³/mol. The molecule has 0 aromatic carbocycles. The molecule has 6 heteroatoms. The van der Waals surface area contributed by atoms with Crippen molar-refractivity contribution >= 4 is 5.91 Å². The fourth-order valence-corrected chi connectivity index (χ4v) is 3.53. The monoisotopic (exact) mass is 304 g/mol. The number of nitrogens with one attached hydrogen (secondary N) is 1. The van der Waals surface area contributed by atoms with Crippen molar-refractivity contribution in [1.82, 2.24) is 20.2 Å². The lowest BCUT2D eigenvalue weighted by molar-refractivity contribution is -0.115. The predicted octanol–water partition coefficient (Wildman–Crippen LogP) is 1.24. The number of likely N-dealkylation sites (tertiary alicyclic amines) is 1. The molecule has 3 rings (SSSR count). The van der Waals surface area contributed by atoms with Crippen LogP contribution in [0.25, 0.3) is 0 Å². The van der Waals surface area contributed by atoms with Crippen LogP contribution in [0.15, 0.2) is 18.6 Å². The Morgan fingerprint density at radius 2 is 2.27 bits per heavy atom. The highest BCUT2D eigenvalue weighted by Crippen LogP contribution is 2.35. The Morgan fingerprint density at radius 1 is 1.45 bits per heavy atom. The van der Waals surface area contributed by atoms with Crippen LogP contribution in [0.3, 0.4) is 0 Å². The maximum Gasteiger partial charge on any atom is 0.274 e. The number of piperidine rings is 1. The average molecular weight is 304 g/mol. The summed E-state index contributed by atoms with van der Waals surface area (Å²) in [6.07, 6.45) is 8.61. The Morgan fingerprint density at radius 3 is 2.95 bits per heavy atom. The quantitative estimate of drug-likeness (QED) is 0.910. The van der Waals surface area contributed by atoms with E-state index >= 15 is 0 Å². The number of rotatable bonds is 3. The molecule has 120 valence electrons. The summed E-state index contributed by atoms with van der Waals surface area (Å²) in [6, 6.07) is 0.543. The zero-order valence-corrected chi connectivity index (χ0v) is 13.1. The molecular weight excluding hydrogens is 280 g/mol. The molecule has 1 amide bonds. The van der Waals surface area contributed by atoms with Gasteiger partial charge in [0.05, 0.1) is 11.8 Å². The molecule has 1 atom stereocenters. The second-order valence-corrected chi connectivity index (χ2v) is 6.16. The van der Waals surface area contributed by atoms with Gasteiger partial charge in [-0.1, -0.05) is 6.92 Å². The number of aromatic nitrogens is 2. The fourth-order valence-electron chi connectivity index (χ4n) is 3.53. The molecule has 1 N–H and O–H groups in total. The molecule has 2 fully saturated rings. The summed E-state index contributed by atoms with van der Waals surface area (Å²) in [5.41, 5.74) is 0.373. The summed E-state index contributed by atoms with van der Waals surface area (Å²) in [6.45, 7) is 5.42. The molecule has 0 radical (unpaired) electrons. The van der Waals surface area contributed by atoms with E-state index in [-0.39, 0.29) is 11.5 Å². The van der Waals surface area contributed by atoms with Gasteiger partial charge in [0.25, 0.3) is 5.91 Å². The third-order valence-electron chi connectivity index (χ3n) is 4.73. The van der Waals surface area contributed by atoms with Crippen molar-refractivity contribution in [2.75, 3.05) is 26.2 Å². The first-order chi connectivity index (χ1) is 10.7. The summed E-state index contributed by atoms with van der Waals surface area (Å²) in [5, 5.41) is 3.54. The molecule has 0 saturated carbocycles. The zero-order valence-electron chi connectivity index (χ0n) is 13.1. The van der Waals surface area contributed by atoms with Gasteiger partial charge in [0, 0.05) is 38.1 Å². The maximum absolute atomic E-state index is 12.4. The fraction of sp³-hybridized carbons (Fsp3) is 0.688. The average Bonchev–Trinajstić information content (AvgIpc) is 2.56. The normalized spacial score (nSPS) is 24.4. The zero-order chi connectivity index (χ0) is 15.4. The van der Waals surface area contributed by atoms with Crippen LogP contribution in [0, 0.1) is 0 Å². The van der Waals surface area contributed by atoms with E-state index in [0.717, 1.165) is 51.9 Å². The van der Waals surface area contributed by atoms with E-state index in [9.17, 15) is 4.79 Å². The van der Waals surface area contributed by atoms with Crippen molar-refractivity contribution in [1.29, 1.82) is 0 Å². The maximum atomic E-state index is 12.4. The SMILES string of the molecule is CCNC1CCOC2(CCN(C(=O)c3cnccn3)CC2)C1. The highest BCUT2D eigenvalue weighted by atomic mass is 16.5. The Kier molecular flexibility index (Phi) is 4.69. The van der Waals surface area contributed by atoms with Crippen LogP contribution in [-0.4, -0.2) is 58.7 Å². The van der Waals surface area contributed by atoms with Gasteiger partial charge in [-0.05, 0) is 32.2 Å². The first-order valence-electron chi connectivity index (χ1n) is 8.15. The Hall–Kier alpha value is -1.53. The Bertz CT molecular complexity index is 498. The topological polar surface area (TPSA) is 67.3 Å². The van der Waals surface area contributed by atoms with Crippen LogP contribution in [0.2, 0.25) is 0 Å². The van der Waals surface area contributed by atoms with E-state index in [2.05, 4.69) is 22.2 Å². The molecule has 1 aromatic rings. The van der Waals surface area contributed by atoms with Crippen molar-refractivity contribution in [2.45, 2.75) is 44.2 Å². The van der Waals surface area contributed by atoms with Crippen LogP contribution in [0.1, 0.15) is 43.1 Å². The third-order valence-corrected chi connectivity index (χ3v) is 4.73. The first-order valence-corrected chi connectivity index (χ1v) is 8.15. The van der Waals surface area contributed by atoms with Gasteiger partial charge in [0.15, 0.2) is 0 Å². The minimum atomic E-state index is -0.0514. The van der Waals surface area contributed by atoms with Gasteiger partial charge < -0.3 is 15.0 Å². The van der Waals surface area contributed by atoms with Crippen molar-refractivity contribution in [2.24, 2.45) is 0 Å². The van der Waals surface area contributed by atoms with Gasteiger partial charge in [-0.3, -0.25) is 9.78 Å². The summed E-state index contributed by atoms with van der Waals surface area (Å²) >= 11 is 0. The van der Waals surface area contributed by atoms with Gasteiger partial charge in [0.2, 0.25) is 0 Å². The summed E-state index contributed by atoms with van der Waals surface area (Å²) in [4.78, 5) is 22.3. The summed E-state index contributed by atoms with van der Waals surface area (Å²) in [7, 11) is 0. The number of nitrogens with zero attached hydrogens (tertiary/aromatic N) is 3. The summed E-state index contributed by atoms with van der Waals surface area (Å²) in [5.74, 6) is -0.0259. The molecule has 2 saturated heterocycles. The standard InChI is InChI=1S/C16H24N4O2/c1-2-18-13-3-10-22-16(11-13)4-8-20(9-5-16)15(21)14-12-17-6-7-19-14/h6-7,12-13,18H,2-5,8-11H2,1H3. The van der Waals surface area contributed by atoms with Crippen LogP contribution in [0.4, 0.5) is 0 Å². The molecule has 6 nitrogen and oxygen atoms in total. The molecule has 22 heavy (non-hydrogen) atoms. The number of ether oxygens (including phenoxy) is 1. The van der Waals surface area contributed by atoms with E-state index in [1.807, 2.05) is 4.90 Å². The van der Waals surface area contributed by atoms with E-state index in [1.54, 1.807) is 12.4 Å². The molecule has 1 unspecified atom stereocenters. The van der Waals surface area contributed by atoms with Crippen LogP contribution in [-0.2, 0) is 4.74 Å². The first kappa shape index (κ1) is 15.4. The number of amides is 1. The molecular formula is C16H24N4O2. The van der Waals surface area contributed by atoms with Gasteiger partial charge in [0.1, 0.15) is 5.69 Å². The molecule has 1 aromatic heterocycles. The van der Waals surface area contributed by atoms with Crippen molar-refractivity contribution in [3.8, 4) is 0 Å². The van der Waals surface area contributed by atoms with E-state index in [1.165, 1.54) is 6.20 Å². The van der Waals surface area contributed by atoms with Crippen molar-refractivity contribution in [3.05, 3.63) is 24.3 Å². The smallest absolute Gasteiger partial charge is 0.274 e. The minimum Gasteiger partial charge on any atom is -0.375 e. The molecule has 2 aliphatic rings. The van der Waals surface area contributed by atoms with E-state index in [4.69, 9.17) is 4.74 Å². The highest BCUT2D eigenvalue weighted by molar-refractivity contribution is 5.92. The number of hydrogen-bond acceptors (Lipinski definition) is 5. The number of carbonyl (C=O) groups excluding carboxylic acids is 1. The second kappa shape index (κ2) is 6.71. The largest absolute Gasteiger partial charge is 0.375 e. The molecule has 3 heterocycles. The van der Waals surface area contributed by atoms with E-state index < -0.39 is 0 Å². The van der Waals surface area contributed by atoms with Crippen molar-refractivity contribution in [3.63, 3.8) is 0 Å². The molecule has 0 aliphatic carbocycles. The van der Waals surface area contributed by atoms with Gasteiger partial charge >= 0.3 is 0 Å². The van der Waals surface area contributed by atoms with Crippen LogP contribution < -0.4 is 5.32 Å². The van der Waals surface area contributed by atoms with E-state index in [0.29, 0.717) is 11.7 Å². The van der Waals surface area contributed by atoms with Crippen molar-refractivity contribution < 1.29 is 9.53 Å². The highest BCUT2D eigenvalue weighted by Gasteiger charge is 2.41.